The Morgan fingerprint density at radius 3 is 2.76 bits per heavy atom. The number of rotatable bonds is 3. The second kappa shape index (κ2) is 4.40. The Morgan fingerprint density at radius 2 is 2.24 bits per heavy atom. The van der Waals surface area contributed by atoms with Crippen LogP contribution < -0.4 is 0 Å². The molecule has 7 heteroatoms. The van der Waals surface area contributed by atoms with Gasteiger partial charge in [0.15, 0.2) is 5.76 Å². The van der Waals surface area contributed by atoms with Crippen molar-refractivity contribution in [2.75, 3.05) is 13.2 Å². The van der Waals surface area contributed by atoms with Crippen LogP contribution in [0.2, 0.25) is 0 Å². The first-order chi connectivity index (χ1) is 7.98. The fraction of sp³-hybridized carbons (Fsp3) is 0.700. The lowest BCUT2D eigenvalue weighted by Gasteiger charge is -2.21. The highest BCUT2D eigenvalue weighted by Gasteiger charge is 2.38. The Morgan fingerprint density at radius 1 is 1.53 bits per heavy atom. The molecule has 0 bridgehead atoms. The maximum absolute atomic E-state index is 12.4. The number of hydrogen-bond donors (Lipinski definition) is 1. The van der Waals surface area contributed by atoms with E-state index in [-0.39, 0.29) is 17.5 Å². The van der Waals surface area contributed by atoms with Gasteiger partial charge in [0.25, 0.3) is 0 Å². The van der Waals surface area contributed by atoms with E-state index in [1.165, 1.54) is 4.31 Å². The van der Waals surface area contributed by atoms with Crippen LogP contribution in [0.5, 0.6) is 0 Å². The average Bonchev–Trinajstić information content (AvgIpc) is 2.85. The lowest BCUT2D eigenvalue weighted by molar-refractivity contribution is 0.213. The quantitative estimate of drug-likeness (QED) is 0.852. The Hall–Kier alpha value is -0.920. The van der Waals surface area contributed by atoms with Crippen molar-refractivity contribution in [1.29, 1.82) is 0 Å². The lowest BCUT2D eigenvalue weighted by Crippen LogP contribution is -2.38. The van der Waals surface area contributed by atoms with E-state index in [9.17, 15) is 13.5 Å². The first kappa shape index (κ1) is 12.5. The molecule has 0 radical (unpaired) electrons. The molecular weight excluding hydrogens is 244 g/mol. The molecule has 2 rings (SSSR count). The van der Waals surface area contributed by atoms with Crippen LogP contribution in [0.1, 0.15) is 24.3 Å². The molecule has 0 spiro atoms. The second-order valence-corrected chi connectivity index (χ2v) is 6.08. The van der Waals surface area contributed by atoms with Gasteiger partial charge in [0.2, 0.25) is 10.0 Å². The van der Waals surface area contributed by atoms with Crippen LogP contribution >= 0.6 is 0 Å². The third-order valence-corrected chi connectivity index (χ3v) is 5.27. The summed E-state index contributed by atoms with van der Waals surface area (Å²) in [5.74, 6) is 0.297. The summed E-state index contributed by atoms with van der Waals surface area (Å²) in [6.45, 7) is 3.48. The fourth-order valence-electron chi connectivity index (χ4n) is 2.27. The fourth-order valence-corrected chi connectivity index (χ4v) is 4.25. The first-order valence-corrected chi connectivity index (χ1v) is 6.98. The van der Waals surface area contributed by atoms with Crippen LogP contribution in [0.15, 0.2) is 9.42 Å². The molecule has 2 heterocycles. The summed E-state index contributed by atoms with van der Waals surface area (Å²) in [6.07, 6.45) is 1.47. The molecule has 1 fully saturated rings. The van der Waals surface area contributed by atoms with E-state index >= 15 is 0 Å². The Kier molecular flexibility index (Phi) is 3.24. The SMILES string of the molecule is Cc1noc(C)c1S(=O)(=O)N1CCC[C@H]1CO. The number of aromatic nitrogens is 1. The van der Waals surface area contributed by atoms with Gasteiger partial charge >= 0.3 is 0 Å². The monoisotopic (exact) mass is 260 g/mol. The molecule has 1 aliphatic rings. The van der Waals surface area contributed by atoms with Gasteiger partial charge in [-0.05, 0) is 26.7 Å². The molecule has 1 saturated heterocycles. The van der Waals surface area contributed by atoms with Crippen molar-refractivity contribution < 1.29 is 18.0 Å². The normalized spacial score (nSPS) is 22.2. The van der Waals surface area contributed by atoms with Crippen LogP contribution in [-0.4, -0.2) is 42.2 Å². The van der Waals surface area contributed by atoms with Gasteiger partial charge in [0, 0.05) is 12.6 Å². The summed E-state index contributed by atoms with van der Waals surface area (Å²) < 4.78 is 31.1. The standard InChI is InChI=1S/C10H16N2O4S/c1-7-10(8(2)16-11-7)17(14,15)12-5-3-4-9(12)6-13/h9,13H,3-6H2,1-2H3/t9-/m0/s1. The molecular formula is C10H16N2O4S. The lowest BCUT2D eigenvalue weighted by atomic mass is 10.2. The van der Waals surface area contributed by atoms with Crippen molar-refractivity contribution in [3.63, 3.8) is 0 Å². The first-order valence-electron chi connectivity index (χ1n) is 5.54. The van der Waals surface area contributed by atoms with Gasteiger partial charge in [-0.25, -0.2) is 8.42 Å². The minimum atomic E-state index is -3.60. The van der Waals surface area contributed by atoms with Crippen LogP contribution in [0.3, 0.4) is 0 Å². The molecule has 1 aromatic rings. The highest BCUT2D eigenvalue weighted by molar-refractivity contribution is 7.89. The highest BCUT2D eigenvalue weighted by Crippen LogP contribution is 2.29. The third-order valence-electron chi connectivity index (χ3n) is 3.07. The molecule has 17 heavy (non-hydrogen) atoms. The van der Waals surface area contributed by atoms with Crippen molar-refractivity contribution in [1.82, 2.24) is 9.46 Å². The predicted octanol–water partition coefficient (Wildman–Crippen LogP) is 0.437. The summed E-state index contributed by atoms with van der Waals surface area (Å²) in [4.78, 5) is 0.137. The summed E-state index contributed by atoms with van der Waals surface area (Å²) >= 11 is 0. The zero-order valence-electron chi connectivity index (χ0n) is 9.88. The minimum absolute atomic E-state index is 0.137. The van der Waals surface area contributed by atoms with E-state index in [2.05, 4.69) is 5.16 Å². The molecule has 96 valence electrons. The molecule has 0 unspecified atom stereocenters. The van der Waals surface area contributed by atoms with E-state index in [1.54, 1.807) is 13.8 Å². The van der Waals surface area contributed by atoms with Gasteiger partial charge < -0.3 is 9.63 Å². The van der Waals surface area contributed by atoms with E-state index in [0.29, 0.717) is 24.4 Å². The molecule has 0 amide bonds. The molecule has 6 nitrogen and oxygen atoms in total. The van der Waals surface area contributed by atoms with Crippen molar-refractivity contribution in [2.45, 2.75) is 37.6 Å². The van der Waals surface area contributed by atoms with Gasteiger partial charge in [-0.2, -0.15) is 4.31 Å². The topological polar surface area (TPSA) is 83.6 Å². The summed E-state index contributed by atoms with van der Waals surface area (Å²) in [5, 5.41) is 12.9. The molecule has 1 atom stereocenters. The summed E-state index contributed by atoms with van der Waals surface area (Å²) in [5.41, 5.74) is 0.367. The van der Waals surface area contributed by atoms with Crippen molar-refractivity contribution in [2.24, 2.45) is 0 Å². The molecule has 0 saturated carbocycles. The average molecular weight is 260 g/mol. The number of hydrogen-bond acceptors (Lipinski definition) is 5. The Balaban J connectivity index is 2.43. The van der Waals surface area contributed by atoms with Crippen molar-refractivity contribution in [3.05, 3.63) is 11.5 Å². The summed E-state index contributed by atoms with van der Waals surface area (Å²) in [6, 6.07) is -0.325. The molecule has 0 aliphatic carbocycles. The van der Waals surface area contributed by atoms with Crippen LogP contribution in [0.25, 0.3) is 0 Å². The maximum Gasteiger partial charge on any atom is 0.248 e. The van der Waals surface area contributed by atoms with E-state index in [4.69, 9.17) is 4.52 Å². The third kappa shape index (κ3) is 1.98. The van der Waals surface area contributed by atoms with Crippen molar-refractivity contribution in [3.8, 4) is 0 Å². The molecule has 1 N–H and O–H groups in total. The second-order valence-electron chi connectivity index (χ2n) is 4.25. The van der Waals surface area contributed by atoms with Gasteiger partial charge in [0.1, 0.15) is 10.6 Å². The van der Waals surface area contributed by atoms with Gasteiger partial charge in [-0.3, -0.25) is 0 Å². The predicted molar refractivity (Wildman–Crippen MR) is 60.0 cm³/mol. The van der Waals surface area contributed by atoms with Gasteiger partial charge in [-0.1, -0.05) is 5.16 Å². The van der Waals surface area contributed by atoms with E-state index < -0.39 is 10.0 Å². The Bertz CT molecular complexity index is 489. The number of nitrogens with zero attached hydrogens (tertiary/aromatic N) is 2. The molecule has 1 aromatic heterocycles. The van der Waals surface area contributed by atoms with Crippen molar-refractivity contribution >= 4 is 10.0 Å². The van der Waals surface area contributed by atoms with Gasteiger partial charge in [-0.15, -0.1) is 0 Å². The van der Waals surface area contributed by atoms with Crippen LogP contribution in [0.4, 0.5) is 0 Å². The zero-order chi connectivity index (χ0) is 12.6. The number of aliphatic hydroxyl groups excluding tert-OH is 1. The minimum Gasteiger partial charge on any atom is -0.395 e. The smallest absolute Gasteiger partial charge is 0.248 e. The summed E-state index contributed by atoms with van der Waals surface area (Å²) in [7, 11) is -3.60. The van der Waals surface area contributed by atoms with Crippen LogP contribution in [0, 0.1) is 13.8 Å². The number of aryl methyl sites for hydroxylation is 2. The zero-order valence-corrected chi connectivity index (χ0v) is 10.7. The highest BCUT2D eigenvalue weighted by atomic mass is 32.2. The number of aliphatic hydroxyl groups is 1. The van der Waals surface area contributed by atoms with Gasteiger partial charge in [0.05, 0.1) is 6.61 Å². The largest absolute Gasteiger partial charge is 0.395 e. The van der Waals surface area contributed by atoms with E-state index in [1.807, 2.05) is 0 Å². The molecule has 1 aliphatic heterocycles. The maximum atomic E-state index is 12.4. The number of sulfonamides is 1. The molecule has 0 aromatic carbocycles. The van der Waals surface area contributed by atoms with Crippen LogP contribution in [-0.2, 0) is 10.0 Å². The van der Waals surface area contributed by atoms with E-state index in [0.717, 1.165) is 6.42 Å². The Labute approximate surface area is 100 Å².